The summed E-state index contributed by atoms with van der Waals surface area (Å²) < 4.78 is 28.8. The highest BCUT2D eigenvalue weighted by atomic mass is 19.1. The number of nitrogens with two attached hydrogens (primary N) is 1. The van der Waals surface area contributed by atoms with Crippen LogP contribution in [0.1, 0.15) is 45.6 Å². The molecule has 1 aromatic carbocycles. The monoisotopic (exact) mass is 296 g/mol. The molecule has 1 saturated carbocycles. The minimum atomic E-state index is -0.470. The second-order valence-corrected chi connectivity index (χ2v) is 6.47. The molecule has 1 aromatic rings. The van der Waals surface area contributed by atoms with Crippen molar-refractivity contribution in [2.75, 3.05) is 11.4 Å². The zero-order valence-electron chi connectivity index (χ0n) is 13.2. The lowest BCUT2D eigenvalue weighted by Gasteiger charge is -2.30. The van der Waals surface area contributed by atoms with E-state index >= 15 is 0 Å². The van der Waals surface area contributed by atoms with E-state index in [0.717, 1.165) is 25.8 Å². The first-order chi connectivity index (χ1) is 9.92. The highest BCUT2D eigenvalue weighted by Gasteiger charge is 2.28. The molecule has 2 nitrogen and oxygen atoms in total. The van der Waals surface area contributed by atoms with Gasteiger partial charge in [0.25, 0.3) is 0 Å². The fraction of sp³-hybridized carbons (Fsp3) is 0.647. The second-order valence-electron chi connectivity index (χ2n) is 6.47. The molecule has 0 aromatic heterocycles. The van der Waals surface area contributed by atoms with Crippen molar-refractivity contribution in [1.82, 2.24) is 0 Å². The van der Waals surface area contributed by atoms with Gasteiger partial charge in [0.2, 0.25) is 0 Å². The van der Waals surface area contributed by atoms with E-state index in [4.69, 9.17) is 5.73 Å². The fourth-order valence-electron chi connectivity index (χ4n) is 2.60. The average Bonchev–Trinajstić information content (AvgIpc) is 3.20. The molecule has 1 fully saturated rings. The number of anilines is 1. The van der Waals surface area contributed by atoms with Gasteiger partial charge >= 0.3 is 0 Å². The third kappa shape index (κ3) is 4.16. The molecule has 21 heavy (non-hydrogen) atoms. The molecule has 4 heteroatoms. The third-order valence-electron chi connectivity index (χ3n) is 4.16. The number of hydrogen-bond acceptors (Lipinski definition) is 2. The number of halogens is 2. The molecule has 0 saturated heterocycles. The van der Waals surface area contributed by atoms with Gasteiger partial charge in [0.15, 0.2) is 0 Å². The van der Waals surface area contributed by atoms with Gasteiger partial charge in [-0.3, -0.25) is 0 Å². The first-order valence-corrected chi connectivity index (χ1v) is 7.92. The lowest BCUT2D eigenvalue weighted by Crippen LogP contribution is -2.34. The van der Waals surface area contributed by atoms with Crippen molar-refractivity contribution < 1.29 is 8.78 Å². The van der Waals surface area contributed by atoms with Crippen molar-refractivity contribution in [3.63, 3.8) is 0 Å². The van der Waals surface area contributed by atoms with Crippen LogP contribution in [0.3, 0.4) is 0 Å². The van der Waals surface area contributed by atoms with E-state index in [1.54, 1.807) is 0 Å². The van der Waals surface area contributed by atoms with E-state index < -0.39 is 11.6 Å². The molecule has 1 atom stereocenters. The maximum Gasteiger partial charge on any atom is 0.149 e. The van der Waals surface area contributed by atoms with Crippen molar-refractivity contribution in [1.29, 1.82) is 0 Å². The standard InChI is InChI=1S/C17H26F2N2/c1-4-14(20)7-13-8-15(18)17(16(19)9-13)21(11(2)3)10-12-5-6-12/h8-9,11-12,14H,4-7,10,20H2,1-3H3. The number of nitrogens with zero attached hydrogens (tertiary/aromatic N) is 1. The van der Waals surface area contributed by atoms with E-state index in [9.17, 15) is 8.78 Å². The summed E-state index contributed by atoms with van der Waals surface area (Å²) in [5, 5.41) is 0. The molecule has 0 spiro atoms. The molecular formula is C17H26F2N2. The minimum absolute atomic E-state index is 0.0534. The molecule has 0 bridgehead atoms. The first-order valence-electron chi connectivity index (χ1n) is 7.92. The second kappa shape index (κ2) is 6.73. The predicted molar refractivity (Wildman–Crippen MR) is 83.5 cm³/mol. The number of hydrogen-bond donors (Lipinski definition) is 1. The van der Waals surface area contributed by atoms with Gasteiger partial charge in [0.05, 0.1) is 0 Å². The van der Waals surface area contributed by atoms with Crippen LogP contribution >= 0.6 is 0 Å². The summed E-state index contributed by atoms with van der Waals surface area (Å²) in [5.74, 6) is -0.357. The van der Waals surface area contributed by atoms with Crippen LogP contribution in [0, 0.1) is 17.6 Å². The Balaban J connectivity index is 2.25. The predicted octanol–water partition coefficient (Wildman–Crippen LogP) is 3.87. The molecule has 1 aliphatic rings. The molecule has 2 N–H and O–H groups in total. The molecule has 2 rings (SSSR count). The van der Waals surface area contributed by atoms with Crippen molar-refractivity contribution >= 4 is 5.69 Å². The summed E-state index contributed by atoms with van der Waals surface area (Å²) in [4.78, 5) is 1.85. The Labute approximate surface area is 126 Å². The summed E-state index contributed by atoms with van der Waals surface area (Å²) >= 11 is 0. The molecule has 1 aliphatic carbocycles. The van der Waals surface area contributed by atoms with Gasteiger partial charge in [-0.1, -0.05) is 6.92 Å². The molecule has 0 radical (unpaired) electrons. The SMILES string of the molecule is CCC(N)Cc1cc(F)c(N(CC2CC2)C(C)C)c(F)c1. The maximum atomic E-state index is 14.4. The molecule has 0 amide bonds. The number of benzene rings is 1. The van der Waals surface area contributed by atoms with Gasteiger partial charge in [0.1, 0.15) is 17.3 Å². The quantitative estimate of drug-likeness (QED) is 0.827. The lowest BCUT2D eigenvalue weighted by molar-refractivity contribution is 0.542. The van der Waals surface area contributed by atoms with Crippen molar-refractivity contribution in [2.45, 2.75) is 58.5 Å². The van der Waals surface area contributed by atoms with Gasteiger partial charge in [0, 0.05) is 18.6 Å². The lowest BCUT2D eigenvalue weighted by atomic mass is 10.0. The van der Waals surface area contributed by atoms with E-state index in [2.05, 4.69) is 0 Å². The van der Waals surface area contributed by atoms with Crippen LogP contribution in [0.25, 0.3) is 0 Å². The Hall–Kier alpha value is -1.16. The van der Waals surface area contributed by atoms with Crippen LogP contribution in [0.4, 0.5) is 14.5 Å². The summed E-state index contributed by atoms with van der Waals surface area (Å²) in [5.41, 5.74) is 6.62. The van der Waals surface area contributed by atoms with E-state index in [0.29, 0.717) is 17.9 Å². The minimum Gasteiger partial charge on any atom is -0.364 e. The topological polar surface area (TPSA) is 29.3 Å². The fourth-order valence-corrected chi connectivity index (χ4v) is 2.60. The summed E-state index contributed by atoms with van der Waals surface area (Å²) in [7, 11) is 0. The van der Waals surface area contributed by atoms with E-state index in [1.807, 2.05) is 25.7 Å². The van der Waals surface area contributed by atoms with E-state index in [1.165, 1.54) is 12.1 Å². The first kappa shape index (κ1) is 16.2. The zero-order chi connectivity index (χ0) is 15.6. The van der Waals surface area contributed by atoms with Crippen LogP contribution in [-0.4, -0.2) is 18.6 Å². The summed E-state index contributed by atoms with van der Waals surface area (Å²) in [6, 6.07) is 2.91. The normalized spacial score (nSPS) is 16.3. The average molecular weight is 296 g/mol. The summed E-state index contributed by atoms with van der Waals surface area (Å²) in [6.07, 6.45) is 3.63. The molecule has 1 unspecified atom stereocenters. The van der Waals surface area contributed by atoms with Gasteiger partial charge in [-0.25, -0.2) is 8.78 Å². The highest BCUT2D eigenvalue weighted by molar-refractivity contribution is 5.51. The summed E-state index contributed by atoms with van der Waals surface area (Å²) in [6.45, 7) is 6.66. The van der Waals surface area contributed by atoms with E-state index in [-0.39, 0.29) is 17.8 Å². The smallest absolute Gasteiger partial charge is 0.149 e. The van der Waals surface area contributed by atoms with Gasteiger partial charge in [-0.05, 0) is 63.1 Å². The highest BCUT2D eigenvalue weighted by Crippen LogP contribution is 2.34. The molecule has 0 heterocycles. The Kier molecular flexibility index (Phi) is 5.20. The van der Waals surface area contributed by atoms with Crippen LogP contribution in [-0.2, 0) is 6.42 Å². The Bertz CT molecular complexity index is 461. The van der Waals surface area contributed by atoms with Gasteiger partial charge < -0.3 is 10.6 Å². The molecule has 0 aliphatic heterocycles. The molecular weight excluding hydrogens is 270 g/mol. The van der Waals surface area contributed by atoms with Crippen molar-refractivity contribution in [2.24, 2.45) is 11.7 Å². The van der Waals surface area contributed by atoms with Crippen LogP contribution in [0.5, 0.6) is 0 Å². The van der Waals surface area contributed by atoms with Crippen molar-refractivity contribution in [3.8, 4) is 0 Å². The molecule has 118 valence electrons. The largest absolute Gasteiger partial charge is 0.364 e. The zero-order valence-corrected chi connectivity index (χ0v) is 13.2. The maximum absolute atomic E-state index is 14.4. The van der Waals surface area contributed by atoms with Gasteiger partial charge in [-0.15, -0.1) is 0 Å². The number of rotatable bonds is 7. The van der Waals surface area contributed by atoms with Crippen LogP contribution in [0.2, 0.25) is 0 Å². The van der Waals surface area contributed by atoms with Crippen LogP contribution < -0.4 is 10.6 Å². The van der Waals surface area contributed by atoms with Crippen LogP contribution in [0.15, 0.2) is 12.1 Å². The Morgan fingerprint density at radius 3 is 2.24 bits per heavy atom. The Morgan fingerprint density at radius 1 is 1.24 bits per heavy atom. The van der Waals surface area contributed by atoms with Gasteiger partial charge in [-0.2, -0.15) is 0 Å². The van der Waals surface area contributed by atoms with Crippen molar-refractivity contribution in [3.05, 3.63) is 29.3 Å². The third-order valence-corrected chi connectivity index (χ3v) is 4.16. The Morgan fingerprint density at radius 2 is 1.81 bits per heavy atom.